The number of rotatable bonds is 4. The molecule has 0 aliphatic carbocycles. The molecule has 0 aliphatic rings. The number of carbonyl (C=O) groups excluding carboxylic acids is 1. The van der Waals surface area contributed by atoms with Crippen molar-refractivity contribution >= 4 is 5.91 Å². The van der Waals surface area contributed by atoms with E-state index in [0.29, 0.717) is 17.5 Å². The minimum Gasteiger partial charge on any atom is -0.424 e. The Balaban J connectivity index is 1.95. The Labute approximate surface area is 104 Å². The number of nitrogens with one attached hydrogen (secondary N) is 1. The molecular formula is C11H15N5O2. The molecule has 0 radical (unpaired) electrons. The summed E-state index contributed by atoms with van der Waals surface area (Å²) in [6, 6.07) is 1.90. The second-order valence-electron chi connectivity index (χ2n) is 4.17. The van der Waals surface area contributed by atoms with Crippen LogP contribution in [-0.2, 0) is 6.54 Å². The van der Waals surface area contributed by atoms with Crippen LogP contribution in [0.15, 0.2) is 16.7 Å². The monoisotopic (exact) mass is 249 g/mol. The van der Waals surface area contributed by atoms with Gasteiger partial charge in [0.15, 0.2) is 0 Å². The first-order chi connectivity index (χ1) is 8.56. The van der Waals surface area contributed by atoms with Gasteiger partial charge in [-0.15, -0.1) is 10.2 Å². The van der Waals surface area contributed by atoms with Crippen LogP contribution in [0, 0.1) is 6.92 Å². The smallest absolute Gasteiger partial charge is 0.272 e. The maximum atomic E-state index is 11.8. The summed E-state index contributed by atoms with van der Waals surface area (Å²) in [4.78, 5) is 11.8. The Morgan fingerprint density at radius 2 is 2.28 bits per heavy atom. The SMILES string of the molecule is Cc1nnc(CNC(=O)c2ccn(C(C)C)n2)o1. The highest BCUT2D eigenvalue weighted by Gasteiger charge is 2.11. The van der Waals surface area contributed by atoms with E-state index in [9.17, 15) is 4.79 Å². The third kappa shape index (κ3) is 2.73. The fraction of sp³-hybridized carbons (Fsp3) is 0.455. The van der Waals surface area contributed by atoms with E-state index in [4.69, 9.17) is 4.42 Å². The van der Waals surface area contributed by atoms with Crippen LogP contribution >= 0.6 is 0 Å². The fourth-order valence-electron chi connectivity index (χ4n) is 1.40. The van der Waals surface area contributed by atoms with Crippen LogP contribution in [-0.4, -0.2) is 25.9 Å². The number of aromatic nitrogens is 4. The first kappa shape index (κ1) is 12.3. The molecule has 1 amide bonds. The lowest BCUT2D eigenvalue weighted by atomic mass is 10.4. The molecule has 0 spiro atoms. The van der Waals surface area contributed by atoms with E-state index in [2.05, 4.69) is 20.6 Å². The largest absolute Gasteiger partial charge is 0.424 e. The highest BCUT2D eigenvalue weighted by atomic mass is 16.4. The van der Waals surface area contributed by atoms with E-state index in [1.54, 1.807) is 23.9 Å². The Kier molecular flexibility index (Phi) is 3.40. The van der Waals surface area contributed by atoms with Gasteiger partial charge in [-0.3, -0.25) is 9.48 Å². The van der Waals surface area contributed by atoms with Gasteiger partial charge in [0, 0.05) is 19.2 Å². The molecule has 2 heterocycles. The molecule has 0 bridgehead atoms. The van der Waals surface area contributed by atoms with Crippen molar-refractivity contribution in [3.05, 3.63) is 29.7 Å². The Morgan fingerprint density at radius 3 is 2.83 bits per heavy atom. The van der Waals surface area contributed by atoms with Gasteiger partial charge in [-0.1, -0.05) is 0 Å². The maximum absolute atomic E-state index is 11.8. The van der Waals surface area contributed by atoms with Gasteiger partial charge in [-0.05, 0) is 19.9 Å². The maximum Gasteiger partial charge on any atom is 0.272 e. The zero-order chi connectivity index (χ0) is 13.1. The molecule has 7 nitrogen and oxygen atoms in total. The van der Waals surface area contributed by atoms with Gasteiger partial charge < -0.3 is 9.73 Å². The van der Waals surface area contributed by atoms with Crippen molar-refractivity contribution in [3.8, 4) is 0 Å². The van der Waals surface area contributed by atoms with E-state index in [-0.39, 0.29) is 18.5 Å². The predicted molar refractivity (Wildman–Crippen MR) is 62.8 cm³/mol. The van der Waals surface area contributed by atoms with Gasteiger partial charge >= 0.3 is 0 Å². The number of amides is 1. The Bertz CT molecular complexity index is 543. The van der Waals surface area contributed by atoms with E-state index in [1.807, 2.05) is 13.8 Å². The van der Waals surface area contributed by atoms with E-state index >= 15 is 0 Å². The van der Waals surface area contributed by atoms with Crippen LogP contribution < -0.4 is 5.32 Å². The molecule has 0 saturated heterocycles. The van der Waals surface area contributed by atoms with Crippen molar-refractivity contribution in [2.45, 2.75) is 33.4 Å². The topological polar surface area (TPSA) is 85.8 Å². The molecular weight excluding hydrogens is 234 g/mol. The summed E-state index contributed by atoms with van der Waals surface area (Å²) in [5.74, 6) is 0.595. The number of aryl methyl sites for hydroxylation is 1. The molecule has 2 aromatic rings. The van der Waals surface area contributed by atoms with Crippen LogP contribution in [0.5, 0.6) is 0 Å². The Morgan fingerprint density at radius 1 is 1.50 bits per heavy atom. The van der Waals surface area contributed by atoms with Crippen LogP contribution in [0.1, 0.15) is 42.2 Å². The highest BCUT2D eigenvalue weighted by molar-refractivity contribution is 5.91. The van der Waals surface area contributed by atoms with Crippen molar-refractivity contribution in [1.29, 1.82) is 0 Å². The van der Waals surface area contributed by atoms with Crippen molar-refractivity contribution in [3.63, 3.8) is 0 Å². The van der Waals surface area contributed by atoms with Gasteiger partial charge in [0.25, 0.3) is 5.91 Å². The van der Waals surface area contributed by atoms with Gasteiger partial charge in [-0.2, -0.15) is 5.10 Å². The Hall–Kier alpha value is -2.18. The molecule has 2 aromatic heterocycles. The summed E-state index contributed by atoms with van der Waals surface area (Å²) >= 11 is 0. The van der Waals surface area contributed by atoms with Crippen LogP contribution in [0.3, 0.4) is 0 Å². The zero-order valence-corrected chi connectivity index (χ0v) is 10.5. The van der Waals surface area contributed by atoms with E-state index in [0.717, 1.165) is 0 Å². The highest BCUT2D eigenvalue weighted by Crippen LogP contribution is 2.04. The third-order valence-corrected chi connectivity index (χ3v) is 2.34. The molecule has 0 saturated carbocycles. The van der Waals surface area contributed by atoms with Crippen LogP contribution in [0.25, 0.3) is 0 Å². The second kappa shape index (κ2) is 4.99. The third-order valence-electron chi connectivity index (χ3n) is 2.34. The van der Waals surface area contributed by atoms with Gasteiger partial charge in [0.2, 0.25) is 11.8 Å². The summed E-state index contributed by atoms with van der Waals surface area (Å²) in [6.45, 7) is 5.89. The first-order valence-electron chi connectivity index (χ1n) is 5.68. The van der Waals surface area contributed by atoms with Gasteiger partial charge in [0.1, 0.15) is 5.69 Å². The predicted octanol–water partition coefficient (Wildman–Crippen LogP) is 1.09. The minimum atomic E-state index is -0.259. The van der Waals surface area contributed by atoms with Crippen LogP contribution in [0.2, 0.25) is 0 Å². The lowest BCUT2D eigenvalue weighted by molar-refractivity contribution is 0.0941. The molecule has 0 fully saturated rings. The summed E-state index contributed by atoms with van der Waals surface area (Å²) in [5, 5.41) is 14.3. The quantitative estimate of drug-likeness (QED) is 0.876. The average Bonchev–Trinajstić information content (AvgIpc) is 2.94. The number of hydrogen-bond donors (Lipinski definition) is 1. The normalized spacial score (nSPS) is 10.9. The molecule has 1 N–H and O–H groups in total. The first-order valence-corrected chi connectivity index (χ1v) is 5.68. The average molecular weight is 249 g/mol. The number of hydrogen-bond acceptors (Lipinski definition) is 5. The molecule has 96 valence electrons. The van der Waals surface area contributed by atoms with E-state index in [1.165, 1.54) is 0 Å². The zero-order valence-electron chi connectivity index (χ0n) is 10.5. The molecule has 0 atom stereocenters. The van der Waals surface area contributed by atoms with Crippen molar-refractivity contribution in [2.24, 2.45) is 0 Å². The summed E-state index contributed by atoms with van der Waals surface area (Å²) in [7, 11) is 0. The minimum absolute atomic E-state index is 0.203. The number of nitrogens with zero attached hydrogens (tertiary/aromatic N) is 4. The van der Waals surface area contributed by atoms with E-state index < -0.39 is 0 Å². The van der Waals surface area contributed by atoms with Gasteiger partial charge in [-0.25, -0.2) is 0 Å². The molecule has 0 unspecified atom stereocenters. The molecule has 2 rings (SSSR count). The second-order valence-corrected chi connectivity index (χ2v) is 4.17. The summed E-state index contributed by atoms with van der Waals surface area (Å²) in [5.41, 5.74) is 0.375. The summed E-state index contributed by atoms with van der Waals surface area (Å²) < 4.78 is 6.88. The van der Waals surface area contributed by atoms with Gasteiger partial charge in [0.05, 0.1) is 6.54 Å². The molecule has 0 aromatic carbocycles. The van der Waals surface area contributed by atoms with Crippen molar-refractivity contribution in [2.75, 3.05) is 0 Å². The molecule has 7 heteroatoms. The fourth-order valence-corrected chi connectivity index (χ4v) is 1.40. The molecule has 18 heavy (non-hydrogen) atoms. The number of carbonyl (C=O) groups is 1. The lowest BCUT2D eigenvalue weighted by Gasteiger charge is -2.03. The van der Waals surface area contributed by atoms with Crippen LogP contribution in [0.4, 0.5) is 0 Å². The van der Waals surface area contributed by atoms with Crippen molar-refractivity contribution < 1.29 is 9.21 Å². The lowest BCUT2D eigenvalue weighted by Crippen LogP contribution is -2.23. The summed E-state index contributed by atoms with van der Waals surface area (Å²) in [6.07, 6.45) is 1.77. The standard InChI is InChI=1S/C11H15N5O2/c1-7(2)16-5-4-9(15-16)11(17)12-6-10-14-13-8(3)18-10/h4-5,7H,6H2,1-3H3,(H,12,17). The van der Waals surface area contributed by atoms with Crippen molar-refractivity contribution in [1.82, 2.24) is 25.3 Å². The molecule has 0 aliphatic heterocycles.